The molecule has 0 aliphatic rings. The normalized spacial score (nSPS) is 13.9. The monoisotopic (exact) mass is 263 g/mol. The molecule has 0 saturated heterocycles. The van der Waals surface area contributed by atoms with Crippen molar-refractivity contribution in [2.75, 3.05) is 11.9 Å². The molecule has 0 aliphatic heterocycles. The van der Waals surface area contributed by atoms with E-state index in [-0.39, 0.29) is 18.2 Å². The Balaban J connectivity index is 2.30. The fourth-order valence-corrected chi connectivity index (χ4v) is 1.89. The Morgan fingerprint density at radius 3 is 2.32 bits per heavy atom. The molecule has 0 aromatic heterocycles. The molecule has 1 atom stereocenters. The van der Waals surface area contributed by atoms with Gasteiger partial charge in [-0.15, -0.1) is 0 Å². The molecule has 0 radical (unpaired) electrons. The third-order valence-corrected chi connectivity index (χ3v) is 3.04. The second-order valence-corrected chi connectivity index (χ2v) is 4.63. The summed E-state index contributed by atoms with van der Waals surface area (Å²) < 4.78 is 26.1. The Morgan fingerprint density at radius 1 is 1.05 bits per heavy atom. The van der Waals surface area contributed by atoms with Crippen LogP contribution >= 0.6 is 0 Å². The van der Waals surface area contributed by atoms with E-state index in [0.717, 1.165) is 0 Å². The van der Waals surface area contributed by atoms with Crippen molar-refractivity contribution in [2.45, 2.75) is 12.5 Å². The number of rotatable bonds is 4. The molecule has 0 aliphatic carbocycles. The molecule has 2 rings (SSSR count). The van der Waals surface area contributed by atoms with E-state index in [9.17, 15) is 13.9 Å². The smallest absolute Gasteiger partial charge is 0.123 e. The van der Waals surface area contributed by atoms with Crippen molar-refractivity contribution < 1.29 is 13.9 Å². The van der Waals surface area contributed by atoms with Crippen LogP contribution in [0.15, 0.2) is 48.5 Å². The van der Waals surface area contributed by atoms with Crippen molar-refractivity contribution in [1.82, 2.24) is 0 Å². The van der Waals surface area contributed by atoms with Crippen LogP contribution in [0.3, 0.4) is 0 Å². The van der Waals surface area contributed by atoms with Crippen LogP contribution in [0, 0.1) is 11.6 Å². The maximum atomic E-state index is 13.3. The molecule has 2 aromatic rings. The maximum Gasteiger partial charge on any atom is 0.123 e. The summed E-state index contributed by atoms with van der Waals surface area (Å²) in [5, 5.41) is 12.7. The maximum absolute atomic E-state index is 13.3. The summed E-state index contributed by atoms with van der Waals surface area (Å²) in [6.07, 6.45) is 0. The van der Waals surface area contributed by atoms with Crippen molar-refractivity contribution in [3.63, 3.8) is 0 Å². The highest BCUT2D eigenvalue weighted by atomic mass is 19.1. The predicted molar refractivity (Wildman–Crippen MR) is 70.9 cm³/mol. The van der Waals surface area contributed by atoms with E-state index in [0.29, 0.717) is 11.3 Å². The molecule has 0 bridgehead atoms. The number of aliphatic hydroxyl groups is 1. The lowest BCUT2D eigenvalue weighted by Gasteiger charge is -2.30. The molecule has 0 saturated carbocycles. The summed E-state index contributed by atoms with van der Waals surface area (Å²) in [6.45, 7) is 1.54. The molecule has 0 spiro atoms. The van der Waals surface area contributed by atoms with Crippen molar-refractivity contribution >= 4 is 5.69 Å². The van der Waals surface area contributed by atoms with Gasteiger partial charge in [0, 0.05) is 5.69 Å². The van der Waals surface area contributed by atoms with Crippen LogP contribution in [0.2, 0.25) is 0 Å². The number of halogens is 2. The van der Waals surface area contributed by atoms with Gasteiger partial charge >= 0.3 is 0 Å². The summed E-state index contributed by atoms with van der Waals surface area (Å²) in [6, 6.07) is 11.8. The van der Waals surface area contributed by atoms with E-state index in [1.807, 2.05) is 0 Å². The molecular formula is C15H15F2NO. The van der Waals surface area contributed by atoms with E-state index >= 15 is 0 Å². The van der Waals surface area contributed by atoms with E-state index in [1.54, 1.807) is 31.2 Å². The van der Waals surface area contributed by atoms with Crippen molar-refractivity contribution in [3.8, 4) is 0 Å². The Bertz CT molecular complexity index is 556. The predicted octanol–water partition coefficient (Wildman–Crippen LogP) is 3.28. The van der Waals surface area contributed by atoms with E-state index in [4.69, 9.17) is 0 Å². The van der Waals surface area contributed by atoms with Crippen LogP contribution in [0.1, 0.15) is 12.5 Å². The van der Waals surface area contributed by atoms with Crippen LogP contribution in [-0.4, -0.2) is 11.7 Å². The summed E-state index contributed by atoms with van der Waals surface area (Å²) in [7, 11) is 0. The fourth-order valence-electron chi connectivity index (χ4n) is 1.89. The summed E-state index contributed by atoms with van der Waals surface area (Å²) in [5.41, 5.74) is 0.446. The second-order valence-electron chi connectivity index (χ2n) is 4.63. The zero-order valence-electron chi connectivity index (χ0n) is 10.5. The third kappa shape index (κ3) is 3.09. The molecule has 0 heterocycles. The summed E-state index contributed by atoms with van der Waals surface area (Å²) in [4.78, 5) is 0. The number of hydrogen-bond acceptors (Lipinski definition) is 2. The highest BCUT2D eigenvalue weighted by molar-refractivity contribution is 5.47. The molecule has 19 heavy (non-hydrogen) atoms. The minimum atomic E-state index is -0.833. The number of benzene rings is 2. The van der Waals surface area contributed by atoms with Gasteiger partial charge in [0.05, 0.1) is 12.1 Å². The van der Waals surface area contributed by atoms with Crippen molar-refractivity contribution in [1.29, 1.82) is 0 Å². The first-order valence-corrected chi connectivity index (χ1v) is 5.94. The quantitative estimate of drug-likeness (QED) is 0.887. The lowest BCUT2D eigenvalue weighted by molar-refractivity contribution is 0.223. The first kappa shape index (κ1) is 13.5. The number of aliphatic hydroxyl groups excluding tert-OH is 1. The SMILES string of the molecule is CC(CO)(Nc1ccc(F)cc1)c1cccc(F)c1. The van der Waals surface area contributed by atoms with E-state index < -0.39 is 5.54 Å². The van der Waals surface area contributed by atoms with Crippen LogP contribution in [-0.2, 0) is 5.54 Å². The molecular weight excluding hydrogens is 248 g/mol. The second kappa shape index (κ2) is 5.36. The molecule has 2 nitrogen and oxygen atoms in total. The van der Waals surface area contributed by atoms with Crippen LogP contribution in [0.5, 0.6) is 0 Å². The Morgan fingerprint density at radius 2 is 1.74 bits per heavy atom. The van der Waals surface area contributed by atoms with Gasteiger partial charge < -0.3 is 10.4 Å². The van der Waals surface area contributed by atoms with Gasteiger partial charge in [-0.3, -0.25) is 0 Å². The van der Waals surface area contributed by atoms with Crippen molar-refractivity contribution in [2.24, 2.45) is 0 Å². The van der Waals surface area contributed by atoms with E-state index in [1.165, 1.54) is 24.3 Å². The molecule has 2 aromatic carbocycles. The van der Waals surface area contributed by atoms with Crippen LogP contribution < -0.4 is 5.32 Å². The minimum Gasteiger partial charge on any atom is -0.394 e. The minimum absolute atomic E-state index is 0.214. The van der Waals surface area contributed by atoms with Crippen LogP contribution in [0.25, 0.3) is 0 Å². The van der Waals surface area contributed by atoms with Gasteiger partial charge in [0.1, 0.15) is 11.6 Å². The van der Waals surface area contributed by atoms with Gasteiger partial charge in [-0.25, -0.2) is 8.78 Å². The van der Waals surface area contributed by atoms with Gasteiger partial charge in [0.15, 0.2) is 0 Å². The molecule has 2 N–H and O–H groups in total. The zero-order chi connectivity index (χ0) is 13.9. The fraction of sp³-hybridized carbons (Fsp3) is 0.200. The molecule has 4 heteroatoms. The number of hydrogen-bond donors (Lipinski definition) is 2. The first-order chi connectivity index (χ1) is 9.03. The molecule has 0 fully saturated rings. The van der Waals surface area contributed by atoms with Gasteiger partial charge in [0.2, 0.25) is 0 Å². The van der Waals surface area contributed by atoms with E-state index in [2.05, 4.69) is 5.32 Å². The lowest BCUT2D eigenvalue weighted by Crippen LogP contribution is -2.35. The highest BCUT2D eigenvalue weighted by Crippen LogP contribution is 2.26. The summed E-state index contributed by atoms with van der Waals surface area (Å²) in [5.74, 6) is -0.694. The Kier molecular flexibility index (Phi) is 3.81. The lowest BCUT2D eigenvalue weighted by atomic mass is 9.92. The average Bonchev–Trinajstić information content (AvgIpc) is 2.41. The third-order valence-electron chi connectivity index (χ3n) is 3.04. The van der Waals surface area contributed by atoms with Gasteiger partial charge in [-0.1, -0.05) is 12.1 Å². The zero-order valence-corrected chi connectivity index (χ0v) is 10.5. The molecule has 100 valence electrons. The van der Waals surface area contributed by atoms with Gasteiger partial charge in [0.25, 0.3) is 0 Å². The number of anilines is 1. The van der Waals surface area contributed by atoms with Gasteiger partial charge in [-0.05, 0) is 48.9 Å². The Labute approximate surface area is 110 Å². The largest absolute Gasteiger partial charge is 0.394 e. The molecule has 0 amide bonds. The number of nitrogens with one attached hydrogen (secondary N) is 1. The molecule has 1 unspecified atom stereocenters. The highest BCUT2D eigenvalue weighted by Gasteiger charge is 2.25. The topological polar surface area (TPSA) is 32.3 Å². The first-order valence-electron chi connectivity index (χ1n) is 5.94. The van der Waals surface area contributed by atoms with Crippen molar-refractivity contribution in [3.05, 3.63) is 65.7 Å². The van der Waals surface area contributed by atoms with Crippen LogP contribution in [0.4, 0.5) is 14.5 Å². The standard InChI is InChI=1S/C15H15F2NO/c1-15(10-19,11-3-2-4-13(17)9-11)18-14-7-5-12(16)6-8-14/h2-9,18-19H,10H2,1H3. The average molecular weight is 263 g/mol. The Hall–Kier alpha value is -1.94. The summed E-state index contributed by atoms with van der Waals surface area (Å²) >= 11 is 0. The van der Waals surface area contributed by atoms with Gasteiger partial charge in [-0.2, -0.15) is 0 Å².